The number of aromatic nitrogens is 3. The summed E-state index contributed by atoms with van der Waals surface area (Å²) in [7, 11) is 0. The fourth-order valence-corrected chi connectivity index (χ4v) is 6.80. The van der Waals surface area contributed by atoms with Crippen LogP contribution in [-0.2, 0) is 0 Å². The van der Waals surface area contributed by atoms with E-state index in [9.17, 15) is 0 Å². The van der Waals surface area contributed by atoms with Crippen molar-refractivity contribution >= 4 is 17.4 Å². The molecule has 184 valence electrons. The number of hydrogen-bond acceptors (Lipinski definition) is 5. The summed E-state index contributed by atoms with van der Waals surface area (Å²) in [6.07, 6.45) is 18.7. The topological polar surface area (TPSA) is 57.3 Å². The SMILES string of the molecule is C1=CC2=NC3=CC=CC4=[N+](c5nc(-c6ccccc6)nc(-c6ccccc6)n5)C5=CCC=C6C(=C1)C2N(C65)C34. The Morgan fingerprint density at radius 3 is 2.15 bits per heavy atom. The third kappa shape index (κ3) is 2.92. The maximum absolute atomic E-state index is 5.17. The molecule has 3 atom stereocenters. The molecule has 3 aliphatic carbocycles. The molecule has 0 radical (unpaired) electrons. The first kappa shape index (κ1) is 21.2. The van der Waals surface area contributed by atoms with Gasteiger partial charge in [0.05, 0.1) is 23.5 Å². The van der Waals surface area contributed by atoms with E-state index in [2.05, 4.69) is 82.3 Å². The second-order valence-electron chi connectivity index (χ2n) is 10.4. The highest BCUT2D eigenvalue weighted by Crippen LogP contribution is 2.50. The fourth-order valence-electron chi connectivity index (χ4n) is 6.80. The minimum atomic E-state index is 0.0296. The van der Waals surface area contributed by atoms with E-state index < -0.39 is 0 Å². The predicted molar refractivity (Wildman–Crippen MR) is 151 cm³/mol. The number of hydrogen-bond donors (Lipinski definition) is 0. The summed E-state index contributed by atoms with van der Waals surface area (Å²) in [5.74, 6) is 1.98. The zero-order valence-electron chi connectivity index (χ0n) is 21.0. The highest BCUT2D eigenvalue weighted by molar-refractivity contribution is 6.10. The molecule has 6 aliphatic rings. The highest BCUT2D eigenvalue weighted by atomic mass is 15.4. The van der Waals surface area contributed by atoms with Crippen LogP contribution in [0.5, 0.6) is 0 Å². The zero-order chi connectivity index (χ0) is 25.5. The molecular formula is C33H23N6+. The van der Waals surface area contributed by atoms with Gasteiger partial charge in [0.25, 0.3) is 0 Å². The highest BCUT2D eigenvalue weighted by Gasteiger charge is 2.58. The van der Waals surface area contributed by atoms with Crippen LogP contribution in [0.25, 0.3) is 22.8 Å². The Kier molecular flexibility index (Phi) is 4.26. The molecule has 6 heteroatoms. The number of allylic oxidation sites excluding steroid dienone is 6. The van der Waals surface area contributed by atoms with Gasteiger partial charge in [0, 0.05) is 11.1 Å². The lowest BCUT2D eigenvalue weighted by atomic mass is 9.89. The van der Waals surface area contributed by atoms with Crippen molar-refractivity contribution in [2.45, 2.75) is 24.5 Å². The van der Waals surface area contributed by atoms with E-state index in [1.807, 2.05) is 36.4 Å². The van der Waals surface area contributed by atoms with Crippen molar-refractivity contribution in [3.8, 4) is 22.8 Å². The van der Waals surface area contributed by atoms with Crippen LogP contribution in [0.3, 0.4) is 0 Å². The minimum Gasteiger partial charge on any atom is -0.262 e. The van der Waals surface area contributed by atoms with Crippen LogP contribution in [0.2, 0.25) is 0 Å². The quantitative estimate of drug-likeness (QED) is 0.453. The van der Waals surface area contributed by atoms with Gasteiger partial charge in [-0.2, -0.15) is 9.56 Å². The molecule has 6 nitrogen and oxygen atoms in total. The summed E-state index contributed by atoms with van der Waals surface area (Å²) >= 11 is 0. The molecule has 0 spiro atoms. The first-order chi connectivity index (χ1) is 19.3. The Hall–Kier alpha value is -4.81. The van der Waals surface area contributed by atoms with Crippen molar-refractivity contribution in [2.24, 2.45) is 4.99 Å². The van der Waals surface area contributed by atoms with Gasteiger partial charge < -0.3 is 0 Å². The van der Waals surface area contributed by atoms with E-state index >= 15 is 0 Å². The number of fused-ring (bicyclic) bond motifs is 1. The number of rotatable bonds is 3. The summed E-state index contributed by atoms with van der Waals surface area (Å²) in [5, 5.41) is 0. The maximum atomic E-state index is 5.17. The van der Waals surface area contributed by atoms with E-state index in [1.54, 1.807) is 0 Å². The molecule has 2 aromatic carbocycles. The third-order valence-electron chi connectivity index (χ3n) is 8.34. The summed E-state index contributed by atoms with van der Waals surface area (Å²) in [5.41, 5.74) is 9.24. The van der Waals surface area contributed by atoms with Gasteiger partial charge in [0.15, 0.2) is 0 Å². The molecule has 9 rings (SSSR count). The minimum absolute atomic E-state index is 0.0296. The summed E-state index contributed by atoms with van der Waals surface area (Å²) in [4.78, 5) is 23.0. The van der Waals surface area contributed by atoms with E-state index in [0.717, 1.165) is 34.7 Å². The molecule has 0 bridgehead atoms. The van der Waals surface area contributed by atoms with Gasteiger partial charge >= 0.3 is 5.95 Å². The molecule has 39 heavy (non-hydrogen) atoms. The standard InChI is InChI=1S/C33H23N6/c1-3-10-20(11-4-1)31-35-32(21-12-5-2-6-13-21)37-33(36-31)38-26-18-8-15-23-22-14-7-16-24-28(22)39(29(23)26)30-25(34-24)17-9-19-27(30)38/h1-7,9-19,28-30H,8H2/q+1. The van der Waals surface area contributed by atoms with E-state index in [-0.39, 0.29) is 18.1 Å². The van der Waals surface area contributed by atoms with Crippen molar-refractivity contribution in [3.05, 3.63) is 132 Å². The van der Waals surface area contributed by atoms with Gasteiger partial charge in [0.2, 0.25) is 11.6 Å². The Bertz CT molecular complexity index is 1780. The molecule has 0 saturated carbocycles. The maximum Gasteiger partial charge on any atom is 0.442 e. The van der Waals surface area contributed by atoms with Crippen LogP contribution < -0.4 is 0 Å². The lowest BCUT2D eigenvalue weighted by Gasteiger charge is -2.45. The van der Waals surface area contributed by atoms with Crippen LogP contribution in [-0.4, -0.2) is 54.0 Å². The number of nitrogens with zero attached hydrogens (tertiary/aromatic N) is 6. The second-order valence-corrected chi connectivity index (χ2v) is 10.4. The van der Waals surface area contributed by atoms with Gasteiger partial charge in [0.1, 0.15) is 17.5 Å². The Balaban J connectivity index is 1.32. The zero-order valence-corrected chi connectivity index (χ0v) is 21.0. The number of benzene rings is 2. The third-order valence-corrected chi connectivity index (χ3v) is 8.34. The van der Waals surface area contributed by atoms with Crippen LogP contribution in [0.1, 0.15) is 6.42 Å². The monoisotopic (exact) mass is 503 g/mol. The predicted octanol–water partition coefficient (Wildman–Crippen LogP) is 5.34. The van der Waals surface area contributed by atoms with Crippen LogP contribution in [0.15, 0.2) is 137 Å². The van der Waals surface area contributed by atoms with Crippen LogP contribution >= 0.6 is 0 Å². The summed E-state index contributed by atoms with van der Waals surface area (Å²) < 4.78 is 2.29. The van der Waals surface area contributed by atoms with Gasteiger partial charge in [-0.05, 0) is 76.1 Å². The van der Waals surface area contributed by atoms with Gasteiger partial charge in [-0.3, -0.25) is 9.89 Å². The lowest BCUT2D eigenvalue weighted by Crippen LogP contribution is -2.60. The molecule has 3 aromatic rings. The van der Waals surface area contributed by atoms with Gasteiger partial charge in [-0.15, -0.1) is 0 Å². The van der Waals surface area contributed by atoms with Crippen molar-refractivity contribution in [3.63, 3.8) is 0 Å². The molecule has 1 aromatic heterocycles. The smallest absolute Gasteiger partial charge is 0.262 e. The van der Waals surface area contributed by atoms with Crippen LogP contribution in [0.4, 0.5) is 5.95 Å². The molecule has 0 amide bonds. The van der Waals surface area contributed by atoms with Crippen LogP contribution in [0, 0.1) is 0 Å². The number of aliphatic imine (C=N–C) groups is 1. The lowest BCUT2D eigenvalue weighted by molar-refractivity contribution is -0.410. The Morgan fingerprint density at radius 2 is 1.41 bits per heavy atom. The molecular weight excluding hydrogens is 480 g/mol. The average Bonchev–Trinajstić information content (AvgIpc) is 3.35. The van der Waals surface area contributed by atoms with Crippen molar-refractivity contribution in [2.75, 3.05) is 0 Å². The largest absolute Gasteiger partial charge is 0.442 e. The molecule has 4 heterocycles. The molecule has 3 aliphatic heterocycles. The van der Waals surface area contributed by atoms with Gasteiger partial charge in [-0.25, -0.2) is 0 Å². The average molecular weight is 504 g/mol. The molecule has 0 N–H and O–H groups in total. The molecule has 1 saturated heterocycles. The molecule has 1 fully saturated rings. The summed E-state index contributed by atoms with van der Waals surface area (Å²) in [6.45, 7) is 0. The van der Waals surface area contributed by atoms with Gasteiger partial charge in [-0.1, -0.05) is 60.7 Å². The normalized spacial score (nSPS) is 25.4. The van der Waals surface area contributed by atoms with Crippen molar-refractivity contribution < 1.29 is 4.58 Å². The Morgan fingerprint density at radius 1 is 0.692 bits per heavy atom. The summed E-state index contributed by atoms with van der Waals surface area (Å²) in [6, 6.07) is 20.7. The fraction of sp³-hybridized carbons (Fsp3) is 0.121. The first-order valence-corrected chi connectivity index (χ1v) is 13.4. The van der Waals surface area contributed by atoms with E-state index in [4.69, 9.17) is 19.9 Å². The Labute approximate surface area is 225 Å². The van der Waals surface area contributed by atoms with Crippen molar-refractivity contribution in [1.82, 2.24) is 19.9 Å². The van der Waals surface area contributed by atoms with E-state index in [1.165, 1.54) is 16.8 Å². The second kappa shape index (κ2) is 7.85. The van der Waals surface area contributed by atoms with E-state index in [0.29, 0.717) is 17.6 Å². The van der Waals surface area contributed by atoms with Crippen molar-refractivity contribution in [1.29, 1.82) is 0 Å². The first-order valence-electron chi connectivity index (χ1n) is 13.4. The molecule has 3 unspecified atom stereocenters.